The fourth-order valence-corrected chi connectivity index (χ4v) is 1.46. The van der Waals surface area contributed by atoms with Crippen LogP contribution >= 0.6 is 0 Å². The molecule has 0 radical (unpaired) electrons. The van der Waals surface area contributed by atoms with E-state index >= 15 is 0 Å². The first-order chi connectivity index (χ1) is 8.06. The maximum atomic E-state index is 11.2. The Morgan fingerprint density at radius 1 is 1.59 bits per heavy atom. The molecule has 2 N–H and O–H groups in total. The Hall–Kier alpha value is -1.78. The van der Waals surface area contributed by atoms with E-state index in [4.69, 9.17) is 10.5 Å². The first-order valence-electron chi connectivity index (χ1n) is 5.64. The van der Waals surface area contributed by atoms with E-state index in [-0.39, 0.29) is 5.97 Å². The van der Waals surface area contributed by atoms with E-state index in [1.807, 2.05) is 24.9 Å². The van der Waals surface area contributed by atoms with Crippen LogP contribution in [-0.4, -0.2) is 31.2 Å². The molecule has 0 fully saturated rings. The number of hydrogen-bond donors (Lipinski definition) is 1. The largest absolute Gasteiger partial charge is 0.466 e. The fourth-order valence-electron chi connectivity index (χ4n) is 1.46. The van der Waals surface area contributed by atoms with Gasteiger partial charge in [0.1, 0.15) is 0 Å². The summed E-state index contributed by atoms with van der Waals surface area (Å²) in [6.45, 7) is 4.67. The molecule has 1 rings (SSSR count). The van der Waals surface area contributed by atoms with Crippen LogP contribution in [0.4, 0.5) is 11.5 Å². The predicted octanol–water partition coefficient (Wildman–Crippen LogP) is 1.36. The summed E-state index contributed by atoms with van der Waals surface area (Å²) in [5, 5.41) is 0. The van der Waals surface area contributed by atoms with Crippen LogP contribution in [0.3, 0.4) is 0 Å². The zero-order chi connectivity index (χ0) is 12.8. The second kappa shape index (κ2) is 6.08. The first kappa shape index (κ1) is 13.3. The minimum Gasteiger partial charge on any atom is -0.466 e. The van der Waals surface area contributed by atoms with E-state index in [1.165, 1.54) is 0 Å². The summed E-state index contributed by atoms with van der Waals surface area (Å²) in [5.74, 6) is 0.500. The van der Waals surface area contributed by atoms with Gasteiger partial charge in [-0.3, -0.25) is 4.79 Å². The van der Waals surface area contributed by atoms with Crippen molar-refractivity contribution in [3.05, 3.63) is 17.8 Å². The van der Waals surface area contributed by atoms with Crippen LogP contribution in [0.2, 0.25) is 0 Å². The van der Waals surface area contributed by atoms with Crippen LogP contribution in [0, 0.1) is 6.92 Å². The Balaban J connectivity index is 2.61. The maximum absolute atomic E-state index is 11.2. The molecule has 1 aromatic rings. The number of aromatic nitrogens is 1. The van der Waals surface area contributed by atoms with E-state index in [2.05, 4.69) is 4.98 Å². The number of nitrogens with two attached hydrogens (primary N) is 1. The molecule has 94 valence electrons. The van der Waals surface area contributed by atoms with Gasteiger partial charge in [-0.15, -0.1) is 0 Å². The monoisotopic (exact) mass is 237 g/mol. The van der Waals surface area contributed by atoms with Gasteiger partial charge in [0.05, 0.1) is 18.7 Å². The van der Waals surface area contributed by atoms with Gasteiger partial charge in [-0.25, -0.2) is 4.98 Å². The highest BCUT2D eigenvalue weighted by molar-refractivity contribution is 5.71. The van der Waals surface area contributed by atoms with Crippen molar-refractivity contribution < 1.29 is 9.53 Å². The average molecular weight is 237 g/mol. The van der Waals surface area contributed by atoms with Crippen molar-refractivity contribution in [3.63, 3.8) is 0 Å². The second-order valence-corrected chi connectivity index (χ2v) is 3.84. The van der Waals surface area contributed by atoms with Crippen molar-refractivity contribution in [2.45, 2.75) is 20.3 Å². The van der Waals surface area contributed by atoms with E-state index in [0.717, 1.165) is 5.56 Å². The first-order valence-corrected chi connectivity index (χ1v) is 5.64. The smallest absolute Gasteiger partial charge is 0.307 e. The number of nitrogen functional groups attached to an aromatic ring is 1. The van der Waals surface area contributed by atoms with E-state index < -0.39 is 0 Å². The molecular weight excluding hydrogens is 218 g/mol. The number of aryl methyl sites for hydroxylation is 1. The molecule has 17 heavy (non-hydrogen) atoms. The summed E-state index contributed by atoms with van der Waals surface area (Å²) in [6, 6.07) is 1.86. The van der Waals surface area contributed by atoms with Gasteiger partial charge in [-0.2, -0.15) is 0 Å². The summed E-state index contributed by atoms with van der Waals surface area (Å²) in [7, 11) is 1.86. The van der Waals surface area contributed by atoms with Crippen LogP contribution in [0.15, 0.2) is 12.3 Å². The van der Waals surface area contributed by atoms with Gasteiger partial charge in [0, 0.05) is 19.8 Å². The van der Waals surface area contributed by atoms with Crippen LogP contribution in [-0.2, 0) is 9.53 Å². The zero-order valence-electron chi connectivity index (χ0n) is 10.6. The molecular formula is C12H19N3O2. The number of esters is 1. The third kappa shape index (κ3) is 3.62. The lowest BCUT2D eigenvalue weighted by molar-refractivity contribution is -0.142. The standard InChI is InChI=1S/C12H19N3O2/c1-4-17-10(16)6-8-15(3)12-11(13)9(2)5-7-14-12/h5,7H,4,6,8,13H2,1-3H3. The number of carbonyl (C=O) groups is 1. The molecule has 0 amide bonds. The van der Waals surface area contributed by atoms with Gasteiger partial charge in [-0.1, -0.05) is 0 Å². The minimum absolute atomic E-state index is 0.203. The van der Waals surface area contributed by atoms with Crippen molar-refractivity contribution >= 4 is 17.5 Å². The number of ether oxygens (including phenoxy) is 1. The van der Waals surface area contributed by atoms with Crippen molar-refractivity contribution in [2.24, 2.45) is 0 Å². The molecule has 0 aromatic carbocycles. The number of hydrogen-bond acceptors (Lipinski definition) is 5. The van der Waals surface area contributed by atoms with Gasteiger partial charge in [0.25, 0.3) is 0 Å². The lowest BCUT2D eigenvalue weighted by atomic mass is 10.2. The highest BCUT2D eigenvalue weighted by Crippen LogP contribution is 2.22. The highest BCUT2D eigenvalue weighted by atomic mass is 16.5. The van der Waals surface area contributed by atoms with Gasteiger partial charge >= 0.3 is 5.97 Å². The molecule has 0 atom stereocenters. The number of rotatable bonds is 5. The predicted molar refractivity (Wildman–Crippen MR) is 67.9 cm³/mol. The molecule has 0 saturated heterocycles. The Labute approximate surface area is 102 Å². The Kier molecular flexibility index (Phi) is 4.75. The quantitative estimate of drug-likeness (QED) is 0.783. The third-order valence-corrected chi connectivity index (χ3v) is 2.51. The number of carbonyl (C=O) groups excluding carboxylic acids is 1. The fraction of sp³-hybridized carbons (Fsp3) is 0.500. The summed E-state index contributed by atoms with van der Waals surface area (Å²) < 4.78 is 4.86. The third-order valence-electron chi connectivity index (χ3n) is 2.51. The second-order valence-electron chi connectivity index (χ2n) is 3.84. The summed E-state index contributed by atoms with van der Waals surface area (Å²) in [5.41, 5.74) is 7.56. The Morgan fingerprint density at radius 2 is 2.29 bits per heavy atom. The van der Waals surface area contributed by atoms with Crippen molar-refractivity contribution in [2.75, 3.05) is 30.8 Å². The summed E-state index contributed by atoms with van der Waals surface area (Å²) in [6.07, 6.45) is 2.04. The molecule has 0 aliphatic rings. The van der Waals surface area contributed by atoms with E-state index in [9.17, 15) is 4.79 Å². The Bertz CT molecular complexity index is 393. The molecule has 5 nitrogen and oxygen atoms in total. The molecule has 1 aromatic heterocycles. The van der Waals surface area contributed by atoms with Crippen molar-refractivity contribution in [1.29, 1.82) is 0 Å². The van der Waals surface area contributed by atoms with Crippen LogP contribution in [0.5, 0.6) is 0 Å². The average Bonchev–Trinajstić information content (AvgIpc) is 2.30. The molecule has 1 heterocycles. The molecule has 0 unspecified atom stereocenters. The van der Waals surface area contributed by atoms with Crippen molar-refractivity contribution in [3.8, 4) is 0 Å². The molecule has 0 aliphatic carbocycles. The minimum atomic E-state index is -0.203. The van der Waals surface area contributed by atoms with Gasteiger partial charge in [0.15, 0.2) is 5.82 Å². The van der Waals surface area contributed by atoms with Crippen LogP contribution in [0.25, 0.3) is 0 Å². The van der Waals surface area contributed by atoms with Gasteiger partial charge < -0.3 is 15.4 Å². The van der Waals surface area contributed by atoms with Crippen LogP contribution in [0.1, 0.15) is 18.9 Å². The lowest BCUT2D eigenvalue weighted by Crippen LogP contribution is -2.24. The zero-order valence-corrected chi connectivity index (χ0v) is 10.6. The SMILES string of the molecule is CCOC(=O)CCN(C)c1nccc(C)c1N. The molecule has 0 aliphatic heterocycles. The highest BCUT2D eigenvalue weighted by Gasteiger charge is 2.10. The Morgan fingerprint density at radius 3 is 2.94 bits per heavy atom. The molecule has 5 heteroatoms. The topological polar surface area (TPSA) is 68.5 Å². The number of nitrogens with zero attached hydrogens (tertiary/aromatic N) is 2. The van der Waals surface area contributed by atoms with Crippen LogP contribution < -0.4 is 10.6 Å². The normalized spacial score (nSPS) is 10.1. The van der Waals surface area contributed by atoms with Gasteiger partial charge in [-0.05, 0) is 25.5 Å². The van der Waals surface area contributed by atoms with E-state index in [1.54, 1.807) is 13.1 Å². The molecule has 0 bridgehead atoms. The summed E-state index contributed by atoms with van der Waals surface area (Å²) in [4.78, 5) is 17.3. The van der Waals surface area contributed by atoms with Crippen molar-refractivity contribution in [1.82, 2.24) is 4.98 Å². The van der Waals surface area contributed by atoms with Gasteiger partial charge in [0.2, 0.25) is 0 Å². The lowest BCUT2D eigenvalue weighted by Gasteiger charge is -2.20. The number of anilines is 2. The summed E-state index contributed by atoms with van der Waals surface area (Å²) >= 11 is 0. The van der Waals surface area contributed by atoms with E-state index in [0.29, 0.717) is 31.1 Å². The molecule has 0 saturated carbocycles. The maximum Gasteiger partial charge on any atom is 0.307 e. The number of pyridine rings is 1. The molecule has 0 spiro atoms.